The summed E-state index contributed by atoms with van der Waals surface area (Å²) >= 11 is 1.47. The number of rotatable bonds is 2. The van der Waals surface area contributed by atoms with Crippen molar-refractivity contribution < 1.29 is 0 Å². The van der Waals surface area contributed by atoms with Crippen LogP contribution in [0.25, 0.3) is 27.6 Å². The van der Waals surface area contributed by atoms with Gasteiger partial charge in [0.05, 0.1) is 0 Å². The van der Waals surface area contributed by atoms with Gasteiger partial charge < -0.3 is 10.3 Å². The number of aryl methyl sites for hydroxylation is 2. The van der Waals surface area contributed by atoms with Gasteiger partial charge in [0.15, 0.2) is 10.7 Å². The summed E-state index contributed by atoms with van der Waals surface area (Å²) in [6, 6.07) is 3.24. The number of anilines is 1. The van der Waals surface area contributed by atoms with Gasteiger partial charge in [-0.2, -0.15) is 4.52 Å². The molecule has 0 spiro atoms. The molecule has 0 saturated heterocycles. The summed E-state index contributed by atoms with van der Waals surface area (Å²) in [7, 11) is 1.70. The standard InChI is InChI=1S/C15H13N7OS/c1-8-7-24-14(18-8)12-19-13-10(5-17-15(16)22(13)20-12)9-3-4-11(23)21(2)6-9/h3-7H,1-2H3,(H2,16,17). The Hall–Kier alpha value is -3.07. The van der Waals surface area contributed by atoms with Gasteiger partial charge in [0.1, 0.15) is 0 Å². The fourth-order valence-electron chi connectivity index (χ4n) is 2.39. The minimum Gasteiger partial charge on any atom is -0.368 e. The Morgan fingerprint density at radius 1 is 1.25 bits per heavy atom. The zero-order valence-electron chi connectivity index (χ0n) is 13.0. The topological polar surface area (TPSA) is 104 Å². The van der Waals surface area contributed by atoms with E-state index in [1.807, 2.05) is 12.3 Å². The molecule has 8 nitrogen and oxygen atoms in total. The van der Waals surface area contributed by atoms with Gasteiger partial charge in [-0.05, 0) is 13.0 Å². The molecule has 0 amide bonds. The molecule has 0 radical (unpaired) electrons. The summed E-state index contributed by atoms with van der Waals surface area (Å²) in [5.41, 5.74) is 8.89. The zero-order chi connectivity index (χ0) is 16.8. The third kappa shape index (κ3) is 2.26. The van der Waals surface area contributed by atoms with E-state index in [1.165, 1.54) is 26.5 Å². The molecule has 4 aromatic rings. The van der Waals surface area contributed by atoms with Crippen molar-refractivity contribution in [2.45, 2.75) is 6.92 Å². The van der Waals surface area contributed by atoms with Crippen LogP contribution in [0.5, 0.6) is 0 Å². The Morgan fingerprint density at radius 3 is 2.79 bits per heavy atom. The number of hydrogen-bond acceptors (Lipinski definition) is 7. The largest absolute Gasteiger partial charge is 0.368 e. The molecule has 4 heterocycles. The van der Waals surface area contributed by atoms with Crippen LogP contribution in [0.2, 0.25) is 0 Å². The summed E-state index contributed by atoms with van der Waals surface area (Å²) in [6.45, 7) is 1.92. The molecule has 9 heteroatoms. The summed E-state index contributed by atoms with van der Waals surface area (Å²) in [4.78, 5) is 24.8. The summed E-state index contributed by atoms with van der Waals surface area (Å²) in [6.07, 6.45) is 3.37. The molecule has 0 atom stereocenters. The molecule has 0 aromatic carbocycles. The molecule has 2 N–H and O–H groups in total. The highest BCUT2D eigenvalue weighted by Crippen LogP contribution is 2.27. The van der Waals surface area contributed by atoms with Gasteiger partial charge in [-0.15, -0.1) is 16.4 Å². The van der Waals surface area contributed by atoms with Crippen molar-refractivity contribution >= 4 is 22.9 Å². The molecular formula is C15H13N7OS. The molecule has 4 rings (SSSR count). The van der Waals surface area contributed by atoms with Crippen LogP contribution in [0.15, 0.2) is 34.7 Å². The Kier molecular flexibility index (Phi) is 3.17. The summed E-state index contributed by atoms with van der Waals surface area (Å²) in [5, 5.41) is 7.08. The number of nitrogens with zero attached hydrogens (tertiary/aromatic N) is 6. The van der Waals surface area contributed by atoms with E-state index < -0.39 is 0 Å². The van der Waals surface area contributed by atoms with Crippen LogP contribution >= 0.6 is 11.3 Å². The van der Waals surface area contributed by atoms with Crippen LogP contribution in [0, 0.1) is 6.92 Å². The van der Waals surface area contributed by atoms with Crippen molar-refractivity contribution in [1.29, 1.82) is 0 Å². The molecule has 4 aromatic heterocycles. The van der Waals surface area contributed by atoms with Crippen LogP contribution in [-0.2, 0) is 7.05 Å². The van der Waals surface area contributed by atoms with E-state index in [0.29, 0.717) is 11.5 Å². The van der Waals surface area contributed by atoms with E-state index in [-0.39, 0.29) is 11.5 Å². The predicted octanol–water partition coefficient (Wildman–Crippen LogP) is 1.50. The fourth-order valence-corrected chi connectivity index (χ4v) is 3.12. The Balaban J connectivity index is 1.96. The molecule has 120 valence electrons. The van der Waals surface area contributed by atoms with Gasteiger partial charge in [0, 0.05) is 47.7 Å². The van der Waals surface area contributed by atoms with Gasteiger partial charge in [0.2, 0.25) is 17.3 Å². The van der Waals surface area contributed by atoms with E-state index in [2.05, 4.69) is 20.1 Å². The Morgan fingerprint density at radius 2 is 2.08 bits per heavy atom. The van der Waals surface area contributed by atoms with Gasteiger partial charge in [-0.3, -0.25) is 4.79 Å². The first-order valence-electron chi connectivity index (χ1n) is 7.14. The third-order valence-corrected chi connectivity index (χ3v) is 4.55. The van der Waals surface area contributed by atoms with E-state index >= 15 is 0 Å². The molecule has 0 aliphatic rings. The fraction of sp³-hybridized carbons (Fsp3) is 0.133. The van der Waals surface area contributed by atoms with Crippen molar-refractivity contribution in [2.75, 3.05) is 5.73 Å². The maximum absolute atomic E-state index is 11.6. The molecule has 0 fully saturated rings. The van der Waals surface area contributed by atoms with Crippen molar-refractivity contribution in [3.05, 3.63) is 46.0 Å². The van der Waals surface area contributed by atoms with Crippen molar-refractivity contribution in [3.8, 4) is 22.0 Å². The monoisotopic (exact) mass is 339 g/mol. The van der Waals surface area contributed by atoms with Crippen LogP contribution in [0.4, 0.5) is 5.95 Å². The normalized spacial score (nSPS) is 11.2. The average molecular weight is 339 g/mol. The third-order valence-electron chi connectivity index (χ3n) is 3.60. The number of fused-ring (bicyclic) bond motifs is 1. The van der Waals surface area contributed by atoms with Gasteiger partial charge in [-0.1, -0.05) is 0 Å². The van der Waals surface area contributed by atoms with Crippen LogP contribution in [0.3, 0.4) is 0 Å². The minimum absolute atomic E-state index is 0.0846. The van der Waals surface area contributed by atoms with E-state index in [1.54, 1.807) is 25.5 Å². The second kappa shape index (κ2) is 5.24. The molecule has 24 heavy (non-hydrogen) atoms. The van der Waals surface area contributed by atoms with Gasteiger partial charge in [0.25, 0.3) is 0 Å². The predicted molar refractivity (Wildman–Crippen MR) is 91.7 cm³/mol. The first-order valence-corrected chi connectivity index (χ1v) is 8.02. The highest BCUT2D eigenvalue weighted by atomic mass is 32.1. The van der Waals surface area contributed by atoms with E-state index in [9.17, 15) is 4.79 Å². The van der Waals surface area contributed by atoms with Crippen LogP contribution in [0.1, 0.15) is 5.69 Å². The average Bonchev–Trinajstić information content (AvgIpc) is 3.17. The van der Waals surface area contributed by atoms with E-state index in [4.69, 9.17) is 5.73 Å². The lowest BCUT2D eigenvalue weighted by Crippen LogP contribution is -2.14. The maximum atomic E-state index is 11.6. The highest BCUT2D eigenvalue weighted by Gasteiger charge is 2.16. The van der Waals surface area contributed by atoms with Gasteiger partial charge >= 0.3 is 0 Å². The van der Waals surface area contributed by atoms with Crippen molar-refractivity contribution in [1.82, 2.24) is 29.1 Å². The number of aromatic nitrogens is 6. The molecular weight excluding hydrogens is 326 g/mol. The number of pyridine rings is 1. The number of thiazole rings is 1. The van der Waals surface area contributed by atoms with Crippen LogP contribution in [-0.4, -0.2) is 29.1 Å². The minimum atomic E-state index is -0.0846. The Bertz CT molecular complexity index is 1120. The second-order valence-electron chi connectivity index (χ2n) is 5.36. The molecule has 0 bridgehead atoms. The lowest BCUT2D eigenvalue weighted by atomic mass is 10.1. The first kappa shape index (κ1) is 14.5. The maximum Gasteiger partial charge on any atom is 0.250 e. The quantitative estimate of drug-likeness (QED) is 0.593. The zero-order valence-corrected chi connectivity index (χ0v) is 13.8. The second-order valence-corrected chi connectivity index (χ2v) is 6.22. The summed E-state index contributed by atoms with van der Waals surface area (Å²) in [5.74, 6) is 0.740. The Labute approximate surface area is 140 Å². The van der Waals surface area contributed by atoms with Crippen molar-refractivity contribution in [2.24, 2.45) is 7.05 Å². The lowest BCUT2D eigenvalue weighted by molar-refractivity contribution is 0.861. The number of hydrogen-bond donors (Lipinski definition) is 1. The highest BCUT2D eigenvalue weighted by molar-refractivity contribution is 7.13. The SMILES string of the molecule is Cc1csc(-c2nc3c(-c4ccc(=O)n(C)c4)cnc(N)n3n2)n1. The lowest BCUT2D eigenvalue weighted by Gasteiger charge is -2.05. The van der Waals surface area contributed by atoms with E-state index in [0.717, 1.165) is 21.8 Å². The molecule has 0 aliphatic heterocycles. The first-order chi connectivity index (χ1) is 11.5. The smallest absolute Gasteiger partial charge is 0.250 e. The molecule has 0 aliphatic carbocycles. The molecule has 0 unspecified atom stereocenters. The number of nitrogens with two attached hydrogens (primary N) is 1. The molecule has 0 saturated carbocycles. The van der Waals surface area contributed by atoms with Crippen LogP contribution < -0.4 is 11.3 Å². The summed E-state index contributed by atoms with van der Waals surface area (Å²) < 4.78 is 3.00. The number of nitrogen functional groups attached to an aromatic ring is 1. The van der Waals surface area contributed by atoms with Gasteiger partial charge in [-0.25, -0.2) is 15.0 Å². The van der Waals surface area contributed by atoms with Crippen molar-refractivity contribution in [3.63, 3.8) is 0 Å².